The van der Waals surface area contributed by atoms with Crippen LogP contribution in [0.2, 0.25) is 0 Å². The van der Waals surface area contributed by atoms with E-state index < -0.39 is 11.9 Å². The number of carboxylic acid groups (broad SMARTS) is 2. The molecular formula is C50H82BaO8. The third-order valence-electron chi connectivity index (χ3n) is 10.8. The van der Waals surface area contributed by atoms with Crippen LogP contribution in [0.25, 0.3) is 0 Å². The number of carboxylic acids is 2. The molecule has 59 heavy (non-hydrogen) atoms. The summed E-state index contributed by atoms with van der Waals surface area (Å²) in [6.07, 6.45) is 26.7. The maximum Gasteiger partial charge on any atom is 2.00 e. The van der Waals surface area contributed by atoms with Gasteiger partial charge >= 0.3 is 48.9 Å². The first-order valence-electron chi connectivity index (χ1n) is 23.3. The van der Waals surface area contributed by atoms with Gasteiger partial charge in [0, 0.05) is 11.9 Å². The van der Waals surface area contributed by atoms with Crippen LogP contribution < -0.4 is 10.2 Å². The molecule has 0 saturated carbocycles. The van der Waals surface area contributed by atoms with Crippen LogP contribution in [0.4, 0.5) is 0 Å². The van der Waals surface area contributed by atoms with Crippen LogP contribution in [0.1, 0.15) is 205 Å². The van der Waals surface area contributed by atoms with Crippen LogP contribution in [-0.2, 0) is 32.3 Å². The van der Waals surface area contributed by atoms with Gasteiger partial charge in [-0.1, -0.05) is 190 Å². The van der Waals surface area contributed by atoms with Gasteiger partial charge in [-0.3, -0.25) is 0 Å². The molecule has 0 heterocycles. The van der Waals surface area contributed by atoms with Gasteiger partial charge in [0.2, 0.25) is 0 Å². The summed E-state index contributed by atoms with van der Waals surface area (Å²) >= 11 is 0. The van der Waals surface area contributed by atoms with Gasteiger partial charge in [-0.25, -0.2) is 0 Å². The quantitative estimate of drug-likeness (QED) is 0.0501. The van der Waals surface area contributed by atoms with Crippen molar-refractivity contribution in [1.82, 2.24) is 0 Å². The van der Waals surface area contributed by atoms with E-state index in [-0.39, 0.29) is 86.1 Å². The number of aliphatic hydroxyl groups excluding tert-OH is 2. The van der Waals surface area contributed by atoms with E-state index in [2.05, 4.69) is 13.8 Å². The predicted molar refractivity (Wildman–Crippen MR) is 238 cm³/mol. The van der Waals surface area contributed by atoms with Crippen molar-refractivity contribution >= 4 is 60.8 Å². The molecule has 8 nitrogen and oxygen atoms in total. The third kappa shape index (κ3) is 38.2. The van der Waals surface area contributed by atoms with Crippen LogP contribution in [-0.4, -0.2) is 95.4 Å². The molecular weight excluding hydrogens is 866 g/mol. The molecule has 0 radical (unpaired) electrons. The molecule has 2 aromatic rings. The first-order chi connectivity index (χ1) is 28.2. The fourth-order valence-corrected chi connectivity index (χ4v) is 7.27. The molecule has 4 unspecified atom stereocenters. The molecule has 0 aromatic heterocycles. The Morgan fingerprint density at radius 1 is 0.475 bits per heavy atom. The zero-order valence-corrected chi connectivity index (χ0v) is 41.8. The molecule has 0 bridgehead atoms. The summed E-state index contributed by atoms with van der Waals surface area (Å²) in [7, 11) is 0. The Morgan fingerprint density at radius 2 is 0.780 bits per heavy atom. The smallest absolute Gasteiger partial charge is 0.550 e. The Kier molecular flexibility index (Phi) is 41.2. The number of rotatable bonds is 38. The molecule has 4 atom stereocenters. The number of unbranched alkanes of at least 4 members (excludes halogenated alkanes) is 16. The second kappa shape index (κ2) is 42.1. The van der Waals surface area contributed by atoms with Crippen LogP contribution in [0, 0.1) is 0 Å². The van der Waals surface area contributed by atoms with Crippen LogP contribution in [0.3, 0.4) is 0 Å². The standard InChI is InChI=1S/2C25H42O4.Ba/c2*1-2-3-4-5-6-7-12-17-23(26)20-24(18-13-9-14-19-25(27)28)29-21-22-15-10-8-11-16-22;/h2*8,10-11,15-16,23-24,26H,2-7,9,12-14,17-21H2,1H3,(H,27,28);/q;;+2/p-2. The molecule has 0 aliphatic heterocycles. The largest absolute Gasteiger partial charge is 2.00 e. The Labute approximate surface area is 400 Å². The molecule has 332 valence electrons. The minimum Gasteiger partial charge on any atom is -0.550 e. The normalized spacial score (nSPS) is 13.1. The van der Waals surface area contributed by atoms with Crippen molar-refractivity contribution in [3.05, 3.63) is 71.8 Å². The average molecular weight is 949 g/mol. The maximum absolute atomic E-state index is 10.5. The van der Waals surface area contributed by atoms with E-state index in [1.165, 1.54) is 77.0 Å². The van der Waals surface area contributed by atoms with Gasteiger partial charge in [-0.2, -0.15) is 0 Å². The van der Waals surface area contributed by atoms with Gasteiger partial charge in [0.1, 0.15) is 0 Å². The number of benzene rings is 2. The topological polar surface area (TPSA) is 139 Å². The fraction of sp³-hybridized carbons (Fsp3) is 0.720. The second-order valence-electron chi connectivity index (χ2n) is 16.4. The van der Waals surface area contributed by atoms with Crippen molar-refractivity contribution in [2.24, 2.45) is 0 Å². The monoisotopic (exact) mass is 949 g/mol. The summed E-state index contributed by atoms with van der Waals surface area (Å²) in [6, 6.07) is 20.2. The van der Waals surface area contributed by atoms with Crippen LogP contribution >= 0.6 is 0 Å². The van der Waals surface area contributed by atoms with Crippen LogP contribution in [0.15, 0.2) is 60.7 Å². The van der Waals surface area contributed by atoms with E-state index in [1.807, 2.05) is 60.7 Å². The predicted octanol–water partition coefficient (Wildman–Crippen LogP) is 9.95. The molecule has 2 rings (SSSR count). The zero-order valence-electron chi connectivity index (χ0n) is 37.3. The number of carbonyl (C=O) groups excluding carboxylic acids is 2. The van der Waals surface area contributed by atoms with E-state index in [0.717, 1.165) is 75.3 Å². The number of hydrogen-bond acceptors (Lipinski definition) is 8. The SMILES string of the molecule is CCCCCCCCCC(O)CC(CCCCCC(=O)[O-])OCc1ccccc1.CCCCCCCCCC(O)CC(CCCCCC(=O)[O-])OCc1ccccc1.[Ba+2]. The third-order valence-corrected chi connectivity index (χ3v) is 10.8. The zero-order chi connectivity index (χ0) is 42.3. The molecule has 0 aliphatic rings. The van der Waals surface area contributed by atoms with Crippen molar-refractivity contribution in [2.45, 2.75) is 231 Å². The van der Waals surface area contributed by atoms with Gasteiger partial charge in [-0.05, 0) is 75.3 Å². The Balaban J connectivity index is 0.00000112. The first-order valence-corrected chi connectivity index (χ1v) is 23.3. The molecule has 0 aliphatic carbocycles. The maximum atomic E-state index is 10.5. The number of aliphatic hydroxyl groups is 2. The van der Waals surface area contributed by atoms with E-state index >= 15 is 0 Å². The van der Waals surface area contributed by atoms with Crippen molar-refractivity contribution in [3.8, 4) is 0 Å². The van der Waals surface area contributed by atoms with Crippen molar-refractivity contribution < 1.29 is 39.5 Å². The van der Waals surface area contributed by atoms with Crippen LogP contribution in [0.5, 0.6) is 0 Å². The van der Waals surface area contributed by atoms with E-state index in [9.17, 15) is 30.0 Å². The van der Waals surface area contributed by atoms with Gasteiger partial charge < -0.3 is 39.5 Å². The molecule has 0 spiro atoms. The summed E-state index contributed by atoms with van der Waals surface area (Å²) in [5.74, 6) is -1.96. The van der Waals surface area contributed by atoms with E-state index in [4.69, 9.17) is 9.47 Å². The Hall–Kier alpha value is -1.21. The van der Waals surface area contributed by atoms with E-state index in [1.54, 1.807) is 0 Å². The number of ether oxygens (including phenoxy) is 2. The average Bonchev–Trinajstić information content (AvgIpc) is 3.21. The molecule has 0 fully saturated rings. The summed E-state index contributed by atoms with van der Waals surface area (Å²) < 4.78 is 12.2. The van der Waals surface area contributed by atoms with Gasteiger partial charge in [0.25, 0.3) is 0 Å². The molecule has 0 saturated heterocycles. The molecule has 9 heteroatoms. The number of carbonyl (C=O) groups is 2. The minimum absolute atomic E-state index is 0. The van der Waals surface area contributed by atoms with Crippen molar-refractivity contribution in [1.29, 1.82) is 0 Å². The van der Waals surface area contributed by atoms with Gasteiger partial charge in [0.05, 0.1) is 37.6 Å². The van der Waals surface area contributed by atoms with Gasteiger partial charge in [0.15, 0.2) is 0 Å². The summed E-state index contributed by atoms with van der Waals surface area (Å²) in [5.41, 5.74) is 2.27. The first kappa shape index (κ1) is 57.8. The molecule has 0 amide bonds. The van der Waals surface area contributed by atoms with Gasteiger partial charge in [-0.15, -0.1) is 0 Å². The Morgan fingerprint density at radius 3 is 1.12 bits per heavy atom. The summed E-state index contributed by atoms with van der Waals surface area (Å²) in [5, 5.41) is 42.0. The minimum atomic E-state index is -0.980. The number of hydrogen-bond donors (Lipinski definition) is 2. The Bertz CT molecular complexity index is 1110. The molecule has 2 aromatic carbocycles. The van der Waals surface area contributed by atoms with E-state index in [0.29, 0.717) is 38.9 Å². The van der Waals surface area contributed by atoms with Crippen molar-refractivity contribution in [3.63, 3.8) is 0 Å². The second-order valence-corrected chi connectivity index (χ2v) is 16.4. The van der Waals surface area contributed by atoms with Crippen molar-refractivity contribution in [2.75, 3.05) is 0 Å². The summed E-state index contributed by atoms with van der Waals surface area (Å²) in [6.45, 7) is 5.56. The summed E-state index contributed by atoms with van der Waals surface area (Å²) in [4.78, 5) is 21.1. The fourth-order valence-electron chi connectivity index (χ4n) is 7.27. The molecule has 2 N–H and O–H groups in total. The number of aliphatic carboxylic acids is 2.